The van der Waals surface area contributed by atoms with Gasteiger partial charge in [0.15, 0.2) is 5.82 Å². The molecule has 3 aromatic heterocycles. The highest BCUT2D eigenvalue weighted by Crippen LogP contribution is 2.24. The third-order valence-corrected chi connectivity index (χ3v) is 3.77. The molecule has 6 heteroatoms. The van der Waals surface area contributed by atoms with E-state index in [1.807, 2.05) is 48.7 Å². The molecule has 0 radical (unpaired) electrons. The maximum absolute atomic E-state index is 4.61. The lowest BCUT2D eigenvalue weighted by molar-refractivity contribution is 0.826. The van der Waals surface area contributed by atoms with Crippen molar-refractivity contribution in [2.24, 2.45) is 0 Å². The maximum atomic E-state index is 4.61. The molecule has 0 spiro atoms. The second-order valence-electron chi connectivity index (χ2n) is 5.46. The maximum Gasteiger partial charge on any atom is 0.173 e. The first-order valence-electron chi connectivity index (χ1n) is 7.94. The van der Waals surface area contributed by atoms with Crippen molar-refractivity contribution in [1.82, 2.24) is 24.7 Å². The van der Waals surface area contributed by atoms with Crippen molar-refractivity contribution in [1.29, 1.82) is 0 Å². The summed E-state index contributed by atoms with van der Waals surface area (Å²) in [6, 6.07) is 17.8. The fraction of sp³-hybridized carbons (Fsp3) is 0.0526. The van der Waals surface area contributed by atoms with Crippen LogP contribution in [-0.2, 0) is 0 Å². The molecule has 1 atom stereocenters. The van der Waals surface area contributed by atoms with Crippen LogP contribution in [0.25, 0.3) is 5.82 Å². The molecule has 4 aromatic rings. The van der Waals surface area contributed by atoms with E-state index in [0.717, 1.165) is 11.3 Å². The third kappa shape index (κ3) is 3.37. The van der Waals surface area contributed by atoms with Crippen molar-refractivity contribution in [3.05, 3.63) is 96.8 Å². The molecule has 6 nitrogen and oxygen atoms in total. The Hall–Kier alpha value is -3.54. The Kier molecular flexibility index (Phi) is 4.16. The normalized spacial score (nSPS) is 11.8. The van der Waals surface area contributed by atoms with Gasteiger partial charge in [-0.2, -0.15) is 5.10 Å². The monoisotopic (exact) mass is 328 g/mol. The van der Waals surface area contributed by atoms with Gasteiger partial charge in [0, 0.05) is 18.6 Å². The van der Waals surface area contributed by atoms with E-state index in [1.54, 1.807) is 29.5 Å². The second kappa shape index (κ2) is 6.92. The highest BCUT2D eigenvalue weighted by Gasteiger charge is 2.16. The standard InChI is InChI=1S/C19H16N6/c1-2-7-15(8-3-1)19(16-9-4-5-10-21-16)24-17-13-20-14-18(23-17)25-12-6-11-22-25/h1-14,19H,(H,23,24)/t19-/m0/s1. The molecule has 25 heavy (non-hydrogen) atoms. The van der Waals surface area contributed by atoms with Gasteiger partial charge in [-0.25, -0.2) is 9.67 Å². The number of pyridine rings is 1. The molecular formula is C19H16N6. The van der Waals surface area contributed by atoms with Crippen LogP contribution in [0.3, 0.4) is 0 Å². The van der Waals surface area contributed by atoms with E-state index >= 15 is 0 Å². The molecule has 0 aliphatic heterocycles. The largest absolute Gasteiger partial charge is 0.356 e. The number of hydrogen-bond acceptors (Lipinski definition) is 5. The molecule has 4 rings (SSSR count). The van der Waals surface area contributed by atoms with Crippen LogP contribution < -0.4 is 5.32 Å². The molecule has 0 bridgehead atoms. The fourth-order valence-electron chi connectivity index (χ4n) is 2.61. The van der Waals surface area contributed by atoms with E-state index in [4.69, 9.17) is 0 Å². The Morgan fingerprint density at radius 2 is 1.76 bits per heavy atom. The van der Waals surface area contributed by atoms with Gasteiger partial charge in [0.1, 0.15) is 5.82 Å². The van der Waals surface area contributed by atoms with Crippen molar-refractivity contribution in [2.75, 3.05) is 5.32 Å². The zero-order chi connectivity index (χ0) is 16.9. The van der Waals surface area contributed by atoms with Crippen LogP contribution in [0.5, 0.6) is 0 Å². The van der Waals surface area contributed by atoms with Crippen molar-refractivity contribution in [3.8, 4) is 5.82 Å². The number of benzene rings is 1. The summed E-state index contributed by atoms with van der Waals surface area (Å²) in [5, 5.41) is 7.63. The van der Waals surface area contributed by atoms with Gasteiger partial charge >= 0.3 is 0 Å². The Bertz CT molecular complexity index is 883. The lowest BCUT2D eigenvalue weighted by atomic mass is 10.0. The Morgan fingerprint density at radius 1 is 0.880 bits per heavy atom. The SMILES string of the molecule is c1ccc([C@H](Nc2cncc(-n3cccn3)n2)c2ccccn2)cc1. The average molecular weight is 328 g/mol. The van der Waals surface area contributed by atoms with E-state index in [0.29, 0.717) is 11.6 Å². The summed E-state index contributed by atoms with van der Waals surface area (Å²) in [5.41, 5.74) is 2.02. The van der Waals surface area contributed by atoms with Crippen molar-refractivity contribution in [3.63, 3.8) is 0 Å². The first-order valence-corrected chi connectivity index (χ1v) is 7.94. The van der Waals surface area contributed by atoms with Gasteiger partial charge in [0.2, 0.25) is 0 Å². The van der Waals surface area contributed by atoms with Crippen molar-refractivity contribution < 1.29 is 0 Å². The summed E-state index contributed by atoms with van der Waals surface area (Å²) < 4.78 is 1.68. The van der Waals surface area contributed by atoms with Crippen molar-refractivity contribution >= 4 is 5.82 Å². The molecule has 0 saturated carbocycles. The number of hydrogen-bond donors (Lipinski definition) is 1. The lowest BCUT2D eigenvalue weighted by Gasteiger charge is -2.19. The van der Waals surface area contributed by atoms with Gasteiger partial charge in [0.05, 0.1) is 24.1 Å². The molecule has 0 aliphatic carbocycles. The highest BCUT2D eigenvalue weighted by molar-refractivity contribution is 5.43. The molecular weight excluding hydrogens is 312 g/mol. The van der Waals surface area contributed by atoms with E-state index in [9.17, 15) is 0 Å². The first kappa shape index (κ1) is 15.0. The highest BCUT2D eigenvalue weighted by atomic mass is 15.3. The zero-order valence-electron chi connectivity index (χ0n) is 13.4. The molecule has 0 saturated heterocycles. The summed E-state index contributed by atoms with van der Waals surface area (Å²) in [6.07, 6.45) is 8.71. The minimum atomic E-state index is -0.121. The number of rotatable bonds is 5. The third-order valence-electron chi connectivity index (χ3n) is 3.77. The summed E-state index contributed by atoms with van der Waals surface area (Å²) in [7, 11) is 0. The van der Waals surface area contributed by atoms with E-state index in [2.05, 4.69) is 37.5 Å². The summed E-state index contributed by atoms with van der Waals surface area (Å²) >= 11 is 0. The van der Waals surface area contributed by atoms with Crippen LogP contribution >= 0.6 is 0 Å². The van der Waals surface area contributed by atoms with Crippen LogP contribution in [0.2, 0.25) is 0 Å². The number of nitrogens with one attached hydrogen (secondary N) is 1. The first-order chi connectivity index (χ1) is 12.4. The Morgan fingerprint density at radius 3 is 2.52 bits per heavy atom. The minimum absolute atomic E-state index is 0.121. The lowest BCUT2D eigenvalue weighted by Crippen LogP contribution is -2.15. The molecule has 0 unspecified atom stereocenters. The van der Waals surface area contributed by atoms with Gasteiger partial charge in [-0.05, 0) is 23.8 Å². The smallest absolute Gasteiger partial charge is 0.173 e. The van der Waals surface area contributed by atoms with Crippen LogP contribution in [0.15, 0.2) is 85.6 Å². The molecule has 1 aromatic carbocycles. The molecule has 1 N–H and O–H groups in total. The predicted octanol–water partition coefficient (Wildman–Crippen LogP) is 3.26. The summed E-state index contributed by atoms with van der Waals surface area (Å²) in [6.45, 7) is 0. The fourth-order valence-corrected chi connectivity index (χ4v) is 2.61. The topological polar surface area (TPSA) is 68.5 Å². The Balaban J connectivity index is 1.69. The molecule has 0 amide bonds. The molecule has 3 heterocycles. The molecule has 0 fully saturated rings. The molecule has 122 valence electrons. The predicted molar refractivity (Wildman–Crippen MR) is 95.3 cm³/mol. The zero-order valence-corrected chi connectivity index (χ0v) is 13.4. The van der Waals surface area contributed by atoms with Crippen LogP contribution in [-0.4, -0.2) is 24.7 Å². The van der Waals surface area contributed by atoms with E-state index in [1.165, 1.54) is 0 Å². The van der Waals surface area contributed by atoms with Crippen LogP contribution in [0, 0.1) is 0 Å². The number of nitrogens with zero attached hydrogens (tertiary/aromatic N) is 5. The number of anilines is 1. The van der Waals surface area contributed by atoms with E-state index < -0.39 is 0 Å². The van der Waals surface area contributed by atoms with Crippen molar-refractivity contribution in [2.45, 2.75) is 6.04 Å². The van der Waals surface area contributed by atoms with E-state index in [-0.39, 0.29) is 6.04 Å². The van der Waals surface area contributed by atoms with Crippen LogP contribution in [0.4, 0.5) is 5.82 Å². The number of aromatic nitrogens is 5. The molecule has 0 aliphatic rings. The average Bonchev–Trinajstić information content (AvgIpc) is 3.23. The minimum Gasteiger partial charge on any atom is -0.356 e. The van der Waals surface area contributed by atoms with Gasteiger partial charge in [-0.15, -0.1) is 0 Å². The van der Waals surface area contributed by atoms with Gasteiger partial charge in [-0.1, -0.05) is 36.4 Å². The summed E-state index contributed by atoms with van der Waals surface area (Å²) in [5.74, 6) is 1.32. The van der Waals surface area contributed by atoms with Gasteiger partial charge in [-0.3, -0.25) is 9.97 Å². The van der Waals surface area contributed by atoms with Gasteiger partial charge < -0.3 is 5.32 Å². The quantitative estimate of drug-likeness (QED) is 0.609. The summed E-state index contributed by atoms with van der Waals surface area (Å²) in [4.78, 5) is 13.4. The van der Waals surface area contributed by atoms with Crippen LogP contribution in [0.1, 0.15) is 17.3 Å². The Labute approximate surface area is 145 Å². The van der Waals surface area contributed by atoms with Gasteiger partial charge in [0.25, 0.3) is 0 Å². The second-order valence-corrected chi connectivity index (χ2v) is 5.46.